The number of benzene rings is 2. The zero-order valence-corrected chi connectivity index (χ0v) is 20.9. The molecule has 3 aromatic rings. The predicted octanol–water partition coefficient (Wildman–Crippen LogP) is 3.70. The molecule has 1 saturated carbocycles. The Morgan fingerprint density at radius 1 is 1.10 bits per heavy atom. The van der Waals surface area contributed by atoms with Gasteiger partial charge in [-0.05, 0) is 48.4 Å². The van der Waals surface area contributed by atoms with Crippen molar-refractivity contribution in [3.05, 3.63) is 65.4 Å². The average Bonchev–Trinajstić information content (AvgIpc) is 3.72. The summed E-state index contributed by atoms with van der Waals surface area (Å²) in [5, 5.41) is 13.0. The highest BCUT2D eigenvalue weighted by Gasteiger charge is 2.59. The van der Waals surface area contributed by atoms with Crippen LogP contribution in [0.15, 0.2) is 42.5 Å². The number of nitriles is 1. The molecule has 3 fully saturated rings. The molecule has 4 aliphatic rings. The van der Waals surface area contributed by atoms with Crippen LogP contribution in [-0.2, 0) is 15.0 Å². The maximum atomic E-state index is 14.4. The fraction of sp³-hybridized carbons (Fsp3) is 0.379. The predicted molar refractivity (Wildman–Crippen MR) is 136 cm³/mol. The molecular weight excluding hydrogens is 504 g/mol. The second-order valence-corrected chi connectivity index (χ2v) is 11.2. The largest absolute Gasteiger partial charge is 0.350 e. The molecular formula is C29H25F2N5O3. The van der Waals surface area contributed by atoms with Crippen molar-refractivity contribution in [3.8, 4) is 6.07 Å². The third-order valence-corrected chi connectivity index (χ3v) is 9.20. The van der Waals surface area contributed by atoms with E-state index in [2.05, 4.69) is 16.4 Å². The van der Waals surface area contributed by atoms with E-state index >= 15 is 0 Å². The van der Waals surface area contributed by atoms with Gasteiger partial charge >= 0.3 is 0 Å². The molecule has 0 radical (unpaired) electrons. The standard InChI is InChI=1S/C29H25F2N5O3/c30-16-8-21(31)19-10-24(33-23(19)9-16)26(37)35-13-15-4-3-5-18(15)25(35)27(38)36-14-29(11-17(36)12-32)20-6-1-2-7-22(20)34-28(29)39/h1-2,6-10,15,17-18,25,33H,3-5,11,13-14H2,(H,34,39)/t15-,17-,18-,25-,29-/m0/s1. The summed E-state index contributed by atoms with van der Waals surface area (Å²) in [5.74, 6) is -2.51. The van der Waals surface area contributed by atoms with Gasteiger partial charge in [0.1, 0.15) is 29.4 Å². The first-order valence-electron chi connectivity index (χ1n) is 13.2. The molecule has 10 heteroatoms. The molecule has 2 N–H and O–H groups in total. The highest BCUT2D eigenvalue weighted by molar-refractivity contribution is 6.07. The van der Waals surface area contributed by atoms with E-state index < -0.39 is 35.0 Å². The molecule has 1 aromatic heterocycles. The summed E-state index contributed by atoms with van der Waals surface area (Å²) in [7, 11) is 0. The molecule has 2 saturated heterocycles. The van der Waals surface area contributed by atoms with E-state index in [-0.39, 0.29) is 53.2 Å². The maximum absolute atomic E-state index is 14.4. The van der Waals surface area contributed by atoms with Gasteiger partial charge in [-0.15, -0.1) is 0 Å². The molecule has 1 spiro atoms. The zero-order chi connectivity index (χ0) is 27.1. The van der Waals surface area contributed by atoms with Gasteiger partial charge < -0.3 is 20.1 Å². The number of amides is 3. The number of hydrogen-bond acceptors (Lipinski definition) is 4. The summed E-state index contributed by atoms with van der Waals surface area (Å²) < 4.78 is 28.1. The number of nitrogens with one attached hydrogen (secondary N) is 2. The number of aromatic amines is 1. The number of carbonyl (C=O) groups excluding carboxylic acids is 3. The smallest absolute Gasteiger partial charge is 0.271 e. The van der Waals surface area contributed by atoms with Crippen molar-refractivity contribution in [1.29, 1.82) is 5.26 Å². The van der Waals surface area contributed by atoms with E-state index in [1.54, 1.807) is 0 Å². The molecule has 39 heavy (non-hydrogen) atoms. The van der Waals surface area contributed by atoms with Crippen LogP contribution in [-0.4, -0.2) is 57.7 Å². The van der Waals surface area contributed by atoms with Gasteiger partial charge in [0.25, 0.3) is 5.91 Å². The highest BCUT2D eigenvalue weighted by Crippen LogP contribution is 2.48. The normalized spacial score (nSPS) is 29.1. The molecule has 7 rings (SSSR count). The zero-order valence-electron chi connectivity index (χ0n) is 20.9. The second-order valence-electron chi connectivity index (χ2n) is 11.2. The molecule has 198 valence electrons. The number of likely N-dealkylation sites (tertiary alicyclic amines) is 2. The molecule has 8 nitrogen and oxygen atoms in total. The van der Waals surface area contributed by atoms with Crippen molar-refractivity contribution < 1.29 is 23.2 Å². The van der Waals surface area contributed by atoms with Crippen molar-refractivity contribution >= 4 is 34.3 Å². The Bertz CT molecular complexity index is 1610. The van der Waals surface area contributed by atoms with E-state index in [0.29, 0.717) is 12.2 Å². The van der Waals surface area contributed by atoms with Gasteiger partial charge in [0.05, 0.1) is 17.0 Å². The number of aromatic nitrogens is 1. The van der Waals surface area contributed by atoms with Crippen LogP contribution in [0.1, 0.15) is 41.7 Å². The fourth-order valence-corrected chi connectivity index (χ4v) is 7.42. The number of nitrogens with zero attached hydrogens (tertiary/aromatic N) is 3. The van der Waals surface area contributed by atoms with Crippen molar-refractivity contribution in [3.63, 3.8) is 0 Å². The van der Waals surface area contributed by atoms with E-state index in [9.17, 15) is 28.4 Å². The van der Waals surface area contributed by atoms with Crippen LogP contribution in [0, 0.1) is 34.8 Å². The Morgan fingerprint density at radius 2 is 1.92 bits per heavy atom. The molecule has 5 atom stereocenters. The number of para-hydroxylation sites is 1. The lowest BCUT2D eigenvalue weighted by atomic mass is 9.80. The minimum absolute atomic E-state index is 0.0553. The Hall–Kier alpha value is -4.26. The Kier molecular flexibility index (Phi) is 5.11. The second kappa shape index (κ2) is 8.37. The van der Waals surface area contributed by atoms with Crippen LogP contribution in [0.3, 0.4) is 0 Å². The quantitative estimate of drug-likeness (QED) is 0.528. The maximum Gasteiger partial charge on any atom is 0.271 e. The number of hydrogen-bond donors (Lipinski definition) is 2. The first-order valence-corrected chi connectivity index (χ1v) is 13.2. The van der Waals surface area contributed by atoms with Crippen LogP contribution in [0.25, 0.3) is 10.9 Å². The number of halogens is 2. The van der Waals surface area contributed by atoms with Crippen molar-refractivity contribution in [1.82, 2.24) is 14.8 Å². The SMILES string of the molecule is N#C[C@@H]1C[C@@]2(CN1C(=O)[C@@H]1[C@H]3CCC[C@H]3CN1C(=O)c1cc3c(F)cc(F)cc3[nH]1)C(=O)Nc1ccccc12. The van der Waals surface area contributed by atoms with Gasteiger partial charge in [-0.2, -0.15) is 5.26 Å². The van der Waals surface area contributed by atoms with Gasteiger partial charge in [-0.25, -0.2) is 8.78 Å². The van der Waals surface area contributed by atoms with E-state index in [4.69, 9.17) is 0 Å². The molecule has 0 unspecified atom stereocenters. The van der Waals surface area contributed by atoms with Gasteiger partial charge in [0.15, 0.2) is 0 Å². The van der Waals surface area contributed by atoms with Crippen LogP contribution < -0.4 is 5.32 Å². The minimum Gasteiger partial charge on any atom is -0.350 e. The van der Waals surface area contributed by atoms with Gasteiger partial charge in [-0.3, -0.25) is 14.4 Å². The van der Waals surface area contributed by atoms with Crippen molar-refractivity contribution in [2.45, 2.75) is 43.2 Å². The summed E-state index contributed by atoms with van der Waals surface area (Å²) in [6, 6.07) is 11.2. The van der Waals surface area contributed by atoms with Gasteiger partial charge in [0.2, 0.25) is 11.8 Å². The summed E-state index contributed by atoms with van der Waals surface area (Å²) in [6.07, 6.45) is 2.78. The van der Waals surface area contributed by atoms with Crippen LogP contribution in [0.2, 0.25) is 0 Å². The average molecular weight is 530 g/mol. The van der Waals surface area contributed by atoms with Crippen molar-refractivity contribution in [2.75, 3.05) is 18.4 Å². The molecule has 3 amide bonds. The lowest BCUT2D eigenvalue weighted by Gasteiger charge is -2.32. The van der Waals surface area contributed by atoms with Crippen LogP contribution in [0.5, 0.6) is 0 Å². The van der Waals surface area contributed by atoms with E-state index in [1.807, 2.05) is 24.3 Å². The molecule has 1 aliphatic carbocycles. The first-order chi connectivity index (χ1) is 18.8. The van der Waals surface area contributed by atoms with Crippen LogP contribution in [0.4, 0.5) is 14.5 Å². The Morgan fingerprint density at radius 3 is 2.74 bits per heavy atom. The lowest BCUT2D eigenvalue weighted by molar-refractivity contribution is -0.136. The molecule has 4 heterocycles. The summed E-state index contributed by atoms with van der Waals surface area (Å²) in [6.45, 7) is 0.422. The molecule has 0 bridgehead atoms. The van der Waals surface area contributed by atoms with Crippen molar-refractivity contribution in [2.24, 2.45) is 11.8 Å². The molecule has 2 aromatic carbocycles. The lowest BCUT2D eigenvalue weighted by Crippen LogP contribution is -2.52. The third kappa shape index (κ3) is 3.35. The van der Waals surface area contributed by atoms with E-state index in [1.165, 1.54) is 15.9 Å². The summed E-state index contributed by atoms with van der Waals surface area (Å²) in [4.78, 5) is 47.1. The highest BCUT2D eigenvalue weighted by atomic mass is 19.1. The summed E-state index contributed by atoms with van der Waals surface area (Å²) in [5.41, 5.74) is 0.676. The summed E-state index contributed by atoms with van der Waals surface area (Å²) >= 11 is 0. The first kappa shape index (κ1) is 23.8. The third-order valence-electron chi connectivity index (χ3n) is 9.20. The van der Waals surface area contributed by atoms with E-state index in [0.717, 1.165) is 37.0 Å². The number of H-pyrrole nitrogens is 1. The van der Waals surface area contributed by atoms with Gasteiger partial charge in [0, 0.05) is 36.7 Å². The number of carbonyl (C=O) groups is 3. The number of fused-ring (bicyclic) bond motifs is 4. The number of rotatable bonds is 2. The minimum atomic E-state index is -1.02. The van der Waals surface area contributed by atoms with Crippen LogP contribution >= 0.6 is 0 Å². The number of anilines is 1. The molecule has 3 aliphatic heterocycles. The Balaban J connectivity index is 1.24. The fourth-order valence-electron chi connectivity index (χ4n) is 7.42. The topological polar surface area (TPSA) is 109 Å². The monoisotopic (exact) mass is 529 g/mol. The Labute approximate surface area is 222 Å². The van der Waals surface area contributed by atoms with Gasteiger partial charge in [-0.1, -0.05) is 24.6 Å².